The average molecular weight is 218 g/mol. The summed E-state index contributed by atoms with van der Waals surface area (Å²) in [6, 6.07) is 0. The maximum Gasteiger partial charge on any atom is 0.243 e. The fraction of sp³-hybridized carbons (Fsp3) is 0.800. The van der Waals surface area contributed by atoms with Gasteiger partial charge in [-0.25, -0.2) is 0 Å². The molecule has 0 unspecified atom stereocenters. The number of rotatable bonds is 5. The van der Waals surface area contributed by atoms with Crippen molar-refractivity contribution in [3.05, 3.63) is 12.2 Å². The quantitative estimate of drug-likeness (QED) is 0.506. The predicted octanol–water partition coefficient (Wildman–Crippen LogP) is 0.897. The van der Waals surface area contributed by atoms with Gasteiger partial charge in [-0.2, -0.15) is 0 Å². The monoisotopic (exact) mass is 218 g/mol. The minimum atomic E-state index is -1.06. The van der Waals surface area contributed by atoms with Crippen molar-refractivity contribution in [3.8, 4) is 0 Å². The van der Waals surface area contributed by atoms with Crippen molar-refractivity contribution in [1.82, 2.24) is 0 Å². The fourth-order valence-electron chi connectivity index (χ4n) is 1.52. The van der Waals surface area contributed by atoms with Crippen LogP contribution in [-0.4, -0.2) is 46.3 Å². The lowest BCUT2D eigenvalue weighted by Crippen LogP contribution is -2.48. The van der Waals surface area contributed by atoms with Crippen molar-refractivity contribution in [2.45, 2.75) is 24.8 Å². The van der Waals surface area contributed by atoms with Crippen LogP contribution in [0, 0.1) is 0 Å². The van der Waals surface area contributed by atoms with Crippen LogP contribution in [0.1, 0.15) is 6.92 Å². The third kappa shape index (κ3) is 2.21. The minimum Gasteiger partial charge on any atom is -0.351 e. The number of hydrogen-bond donors (Lipinski definition) is 0. The van der Waals surface area contributed by atoms with E-state index in [1.54, 1.807) is 26.2 Å². The van der Waals surface area contributed by atoms with Gasteiger partial charge in [0.15, 0.2) is 5.79 Å². The summed E-state index contributed by atoms with van der Waals surface area (Å²) in [5, 5.41) is 0. The second kappa shape index (κ2) is 4.59. The molecular weight excluding hydrogens is 200 g/mol. The van der Waals surface area contributed by atoms with Crippen LogP contribution in [0.2, 0.25) is 0 Å². The highest BCUT2D eigenvalue weighted by molar-refractivity contribution is 5.11. The van der Waals surface area contributed by atoms with Crippen molar-refractivity contribution in [1.29, 1.82) is 0 Å². The Balaban J connectivity index is 2.86. The van der Waals surface area contributed by atoms with Gasteiger partial charge >= 0.3 is 0 Å². The molecule has 0 radical (unpaired) electrons. The van der Waals surface area contributed by atoms with Crippen molar-refractivity contribution in [2.75, 3.05) is 28.4 Å². The zero-order valence-electron chi connectivity index (χ0n) is 9.77. The van der Waals surface area contributed by atoms with Crippen LogP contribution in [0.3, 0.4) is 0 Å². The van der Waals surface area contributed by atoms with Gasteiger partial charge < -0.3 is 23.7 Å². The van der Waals surface area contributed by atoms with E-state index in [4.69, 9.17) is 23.7 Å². The first kappa shape index (κ1) is 12.6. The van der Waals surface area contributed by atoms with Crippen LogP contribution >= 0.6 is 0 Å². The molecular formula is C10H18O5. The van der Waals surface area contributed by atoms with E-state index < -0.39 is 17.9 Å². The Morgan fingerprint density at radius 1 is 1.00 bits per heavy atom. The molecule has 2 atom stereocenters. The Kier molecular flexibility index (Phi) is 3.86. The molecule has 1 aliphatic heterocycles. The lowest BCUT2D eigenvalue weighted by molar-refractivity contribution is -0.356. The Labute approximate surface area is 89.9 Å². The molecule has 88 valence electrons. The van der Waals surface area contributed by atoms with Crippen molar-refractivity contribution in [3.63, 3.8) is 0 Å². The van der Waals surface area contributed by atoms with Crippen LogP contribution in [0.15, 0.2) is 12.2 Å². The van der Waals surface area contributed by atoms with Gasteiger partial charge in [0, 0.05) is 28.4 Å². The van der Waals surface area contributed by atoms with E-state index in [9.17, 15) is 0 Å². The third-order valence-electron chi connectivity index (χ3n) is 2.46. The molecule has 1 aliphatic rings. The summed E-state index contributed by atoms with van der Waals surface area (Å²) in [4.78, 5) is 0. The molecule has 0 aromatic rings. The van der Waals surface area contributed by atoms with Gasteiger partial charge in [0.2, 0.25) is 12.1 Å². The lowest BCUT2D eigenvalue weighted by Gasteiger charge is -2.35. The van der Waals surface area contributed by atoms with Crippen LogP contribution in [-0.2, 0) is 23.7 Å². The minimum absolute atomic E-state index is 0.643. The van der Waals surface area contributed by atoms with Gasteiger partial charge in [-0.1, -0.05) is 0 Å². The molecule has 0 spiro atoms. The van der Waals surface area contributed by atoms with Crippen molar-refractivity contribution >= 4 is 0 Å². The first-order valence-corrected chi connectivity index (χ1v) is 4.62. The third-order valence-corrected chi connectivity index (χ3v) is 2.46. The predicted molar refractivity (Wildman–Crippen MR) is 53.2 cm³/mol. The van der Waals surface area contributed by atoms with E-state index >= 15 is 0 Å². The second-order valence-corrected chi connectivity index (χ2v) is 3.38. The standard InChI is InChI=1S/C10H18O5/c1-9(13-4)6-7-10(14-5,15-9)8(11-2)12-3/h6-8H,1-5H3/t9-,10-/m1/s1. The summed E-state index contributed by atoms with van der Waals surface area (Å²) >= 11 is 0. The highest BCUT2D eigenvalue weighted by Gasteiger charge is 2.49. The van der Waals surface area contributed by atoms with Crippen LogP contribution in [0.5, 0.6) is 0 Å². The fourth-order valence-corrected chi connectivity index (χ4v) is 1.52. The van der Waals surface area contributed by atoms with Crippen molar-refractivity contribution in [2.24, 2.45) is 0 Å². The average Bonchev–Trinajstić information content (AvgIpc) is 2.61. The molecule has 5 heteroatoms. The maximum absolute atomic E-state index is 5.67. The first-order valence-electron chi connectivity index (χ1n) is 4.62. The van der Waals surface area contributed by atoms with Gasteiger partial charge in [-0.3, -0.25) is 0 Å². The lowest BCUT2D eigenvalue weighted by atomic mass is 10.2. The summed E-state index contributed by atoms with van der Waals surface area (Å²) in [5.41, 5.74) is 0. The molecule has 0 aromatic carbocycles. The smallest absolute Gasteiger partial charge is 0.243 e. The highest BCUT2D eigenvalue weighted by atomic mass is 16.8. The van der Waals surface area contributed by atoms with Gasteiger partial charge in [-0.15, -0.1) is 0 Å². The van der Waals surface area contributed by atoms with E-state index in [1.165, 1.54) is 21.3 Å². The van der Waals surface area contributed by atoms with Crippen LogP contribution in [0.25, 0.3) is 0 Å². The number of hydrogen-bond acceptors (Lipinski definition) is 5. The molecule has 0 saturated heterocycles. The molecule has 0 aliphatic carbocycles. The van der Waals surface area contributed by atoms with Crippen molar-refractivity contribution < 1.29 is 23.7 Å². The van der Waals surface area contributed by atoms with E-state index in [2.05, 4.69) is 0 Å². The summed E-state index contributed by atoms with van der Waals surface area (Å²) in [7, 11) is 6.13. The molecule has 5 nitrogen and oxygen atoms in total. The van der Waals surface area contributed by atoms with E-state index in [0.717, 1.165) is 0 Å². The molecule has 0 aromatic heterocycles. The summed E-state index contributed by atoms with van der Waals surface area (Å²) in [6.07, 6.45) is 2.85. The molecule has 0 saturated carbocycles. The zero-order chi connectivity index (χ0) is 11.5. The summed E-state index contributed by atoms with van der Waals surface area (Å²) in [5.74, 6) is -1.88. The normalized spacial score (nSPS) is 35.3. The molecule has 15 heavy (non-hydrogen) atoms. The van der Waals surface area contributed by atoms with Gasteiger partial charge in [0.05, 0.1) is 0 Å². The molecule has 0 N–H and O–H groups in total. The first-order chi connectivity index (χ1) is 7.05. The van der Waals surface area contributed by atoms with E-state index in [0.29, 0.717) is 0 Å². The summed E-state index contributed by atoms with van der Waals surface area (Å²) in [6.45, 7) is 1.78. The van der Waals surface area contributed by atoms with Gasteiger partial charge in [0.1, 0.15) is 0 Å². The second-order valence-electron chi connectivity index (χ2n) is 3.38. The topological polar surface area (TPSA) is 46.2 Å². The molecule has 1 heterocycles. The van der Waals surface area contributed by atoms with Crippen LogP contribution in [0.4, 0.5) is 0 Å². The van der Waals surface area contributed by atoms with E-state index in [-0.39, 0.29) is 0 Å². The zero-order valence-corrected chi connectivity index (χ0v) is 9.77. The summed E-state index contributed by atoms with van der Waals surface area (Å²) < 4.78 is 26.4. The van der Waals surface area contributed by atoms with Gasteiger partial charge in [-0.05, 0) is 19.1 Å². The Hall–Kier alpha value is -0.460. The number of methoxy groups -OCH3 is 4. The highest BCUT2D eigenvalue weighted by Crippen LogP contribution is 2.35. The maximum atomic E-state index is 5.67. The van der Waals surface area contributed by atoms with Gasteiger partial charge in [0.25, 0.3) is 0 Å². The Bertz CT molecular complexity index is 238. The number of ether oxygens (including phenoxy) is 5. The Morgan fingerprint density at radius 3 is 1.93 bits per heavy atom. The molecule has 0 fully saturated rings. The molecule has 1 rings (SSSR count). The van der Waals surface area contributed by atoms with Crippen LogP contribution < -0.4 is 0 Å². The largest absolute Gasteiger partial charge is 0.351 e. The van der Waals surface area contributed by atoms with E-state index in [1.807, 2.05) is 0 Å². The molecule has 0 amide bonds. The Morgan fingerprint density at radius 2 is 1.60 bits per heavy atom. The SMILES string of the molecule is COC(OC)[C@@]1(OC)C=C[C@](C)(OC)O1. The molecule has 0 bridgehead atoms.